The SMILES string of the molecule is COc1ccccc1C(Nc1cc(C#N)c2cc(Cl)ccc2n1)c1nccn1C. The number of aryl methyl sites for hydroxylation is 1. The molecule has 0 radical (unpaired) electrons. The molecule has 0 spiro atoms. The van der Waals surface area contributed by atoms with Gasteiger partial charge in [0.15, 0.2) is 0 Å². The Bertz CT molecular complexity index is 1230. The van der Waals surface area contributed by atoms with Gasteiger partial charge in [-0.25, -0.2) is 9.97 Å². The molecule has 0 saturated carbocycles. The number of pyridine rings is 1. The molecule has 1 atom stereocenters. The summed E-state index contributed by atoms with van der Waals surface area (Å²) in [6, 6.07) is 16.7. The van der Waals surface area contributed by atoms with Crippen molar-refractivity contribution in [2.24, 2.45) is 7.05 Å². The fraction of sp³-hybridized carbons (Fsp3) is 0.136. The lowest BCUT2D eigenvalue weighted by Gasteiger charge is -2.22. The van der Waals surface area contributed by atoms with E-state index in [9.17, 15) is 5.26 Å². The van der Waals surface area contributed by atoms with Crippen LogP contribution in [0.5, 0.6) is 5.75 Å². The number of hydrogen-bond acceptors (Lipinski definition) is 5. The summed E-state index contributed by atoms with van der Waals surface area (Å²) in [5, 5.41) is 14.3. The van der Waals surface area contributed by atoms with Gasteiger partial charge >= 0.3 is 0 Å². The normalized spacial score (nSPS) is 11.8. The van der Waals surface area contributed by atoms with Crippen molar-refractivity contribution in [3.05, 3.63) is 82.9 Å². The molecule has 0 aliphatic heterocycles. The van der Waals surface area contributed by atoms with E-state index in [2.05, 4.69) is 21.4 Å². The van der Waals surface area contributed by atoms with Gasteiger partial charge in [0.25, 0.3) is 0 Å². The van der Waals surface area contributed by atoms with Crippen LogP contribution in [0.1, 0.15) is 23.0 Å². The van der Waals surface area contributed by atoms with Crippen LogP contribution in [0.2, 0.25) is 5.02 Å². The number of nitrogens with zero attached hydrogens (tertiary/aromatic N) is 4. The summed E-state index contributed by atoms with van der Waals surface area (Å²) in [5.74, 6) is 2.10. The van der Waals surface area contributed by atoms with Gasteiger partial charge in [-0.3, -0.25) is 0 Å². The number of ether oxygens (including phenoxy) is 1. The van der Waals surface area contributed by atoms with Crippen molar-refractivity contribution in [3.8, 4) is 11.8 Å². The van der Waals surface area contributed by atoms with Crippen LogP contribution in [0, 0.1) is 11.3 Å². The predicted octanol–water partition coefficient (Wildman–Crippen LogP) is 4.70. The Morgan fingerprint density at radius 1 is 1.21 bits per heavy atom. The van der Waals surface area contributed by atoms with Crippen molar-refractivity contribution in [3.63, 3.8) is 0 Å². The van der Waals surface area contributed by atoms with Gasteiger partial charge in [0.1, 0.15) is 23.4 Å². The molecule has 2 aromatic carbocycles. The molecule has 0 fully saturated rings. The highest BCUT2D eigenvalue weighted by Gasteiger charge is 2.22. The van der Waals surface area contributed by atoms with Crippen LogP contribution in [0.4, 0.5) is 5.82 Å². The first-order valence-corrected chi connectivity index (χ1v) is 9.35. The largest absolute Gasteiger partial charge is 0.496 e. The van der Waals surface area contributed by atoms with E-state index < -0.39 is 0 Å². The summed E-state index contributed by atoms with van der Waals surface area (Å²) in [7, 11) is 3.57. The van der Waals surface area contributed by atoms with Gasteiger partial charge in [-0.05, 0) is 30.3 Å². The number of nitriles is 1. The van der Waals surface area contributed by atoms with Crippen molar-refractivity contribution >= 4 is 28.3 Å². The van der Waals surface area contributed by atoms with Crippen molar-refractivity contribution in [2.45, 2.75) is 6.04 Å². The molecule has 144 valence electrons. The summed E-state index contributed by atoms with van der Waals surface area (Å²) in [5.41, 5.74) is 2.11. The number of fused-ring (bicyclic) bond motifs is 1. The van der Waals surface area contributed by atoms with Crippen molar-refractivity contribution in [1.29, 1.82) is 5.26 Å². The van der Waals surface area contributed by atoms with Crippen LogP contribution >= 0.6 is 11.6 Å². The first kappa shape index (κ1) is 18.8. The highest BCUT2D eigenvalue weighted by Crippen LogP contribution is 2.33. The minimum atomic E-state index is -0.324. The number of rotatable bonds is 5. The van der Waals surface area contributed by atoms with Gasteiger partial charge in [0.2, 0.25) is 0 Å². The minimum absolute atomic E-state index is 0.324. The average Bonchev–Trinajstić information content (AvgIpc) is 3.17. The molecule has 29 heavy (non-hydrogen) atoms. The molecule has 2 aromatic heterocycles. The fourth-order valence-corrected chi connectivity index (χ4v) is 3.53. The van der Waals surface area contributed by atoms with E-state index in [4.69, 9.17) is 16.3 Å². The number of para-hydroxylation sites is 1. The van der Waals surface area contributed by atoms with E-state index in [1.165, 1.54) is 0 Å². The molecule has 1 N–H and O–H groups in total. The molecule has 0 saturated heterocycles. The van der Waals surface area contributed by atoms with E-state index in [0.29, 0.717) is 21.9 Å². The van der Waals surface area contributed by atoms with Gasteiger partial charge in [0.05, 0.1) is 24.3 Å². The smallest absolute Gasteiger partial charge is 0.135 e. The lowest BCUT2D eigenvalue weighted by atomic mass is 10.0. The lowest BCUT2D eigenvalue weighted by molar-refractivity contribution is 0.408. The molecule has 0 bridgehead atoms. The third-order valence-electron chi connectivity index (χ3n) is 4.75. The highest BCUT2D eigenvalue weighted by atomic mass is 35.5. The Labute approximate surface area is 173 Å². The second-order valence-electron chi connectivity index (χ2n) is 6.54. The number of nitrogens with one attached hydrogen (secondary N) is 1. The van der Waals surface area contributed by atoms with Gasteiger partial charge in [-0.15, -0.1) is 0 Å². The van der Waals surface area contributed by atoms with Gasteiger partial charge in [0, 0.05) is 35.4 Å². The number of aromatic nitrogens is 3. The maximum Gasteiger partial charge on any atom is 0.135 e. The zero-order chi connectivity index (χ0) is 20.4. The molecule has 0 amide bonds. The number of benzene rings is 2. The maximum absolute atomic E-state index is 9.63. The van der Waals surface area contributed by atoms with Crippen molar-refractivity contribution in [2.75, 3.05) is 12.4 Å². The van der Waals surface area contributed by atoms with Crippen LogP contribution in [0.15, 0.2) is 60.9 Å². The van der Waals surface area contributed by atoms with E-state index in [-0.39, 0.29) is 6.04 Å². The van der Waals surface area contributed by atoms with Gasteiger partial charge in [-0.1, -0.05) is 29.8 Å². The zero-order valence-corrected chi connectivity index (χ0v) is 16.7. The molecular formula is C22H18ClN5O. The first-order valence-electron chi connectivity index (χ1n) is 8.98. The number of hydrogen-bond donors (Lipinski definition) is 1. The Kier molecular flexibility index (Phi) is 5.07. The van der Waals surface area contributed by atoms with Crippen LogP contribution in [0.25, 0.3) is 10.9 Å². The molecule has 4 rings (SSSR count). The lowest BCUT2D eigenvalue weighted by Crippen LogP contribution is -2.18. The Balaban J connectivity index is 1.84. The molecule has 0 aliphatic carbocycles. The Morgan fingerprint density at radius 2 is 2.03 bits per heavy atom. The summed E-state index contributed by atoms with van der Waals surface area (Å²) in [6.45, 7) is 0. The first-order chi connectivity index (χ1) is 14.1. The third kappa shape index (κ3) is 3.60. The van der Waals surface area contributed by atoms with Crippen molar-refractivity contribution < 1.29 is 4.74 Å². The second kappa shape index (κ2) is 7.82. The standard InChI is InChI=1S/C22H18ClN5O/c1-28-10-9-25-22(28)21(16-5-3-4-6-19(16)29-2)27-20-11-14(13-24)17-12-15(23)7-8-18(17)26-20/h3-12,21H,1-2H3,(H,26,27). The number of methoxy groups -OCH3 is 1. The van der Waals surface area contributed by atoms with Gasteiger partial charge < -0.3 is 14.6 Å². The van der Waals surface area contributed by atoms with Crippen molar-refractivity contribution in [1.82, 2.24) is 14.5 Å². The molecule has 6 nitrogen and oxygen atoms in total. The van der Waals surface area contributed by atoms with Crippen LogP contribution in [0.3, 0.4) is 0 Å². The Hall–Kier alpha value is -3.56. The predicted molar refractivity (Wildman–Crippen MR) is 113 cm³/mol. The number of imidazole rings is 1. The molecule has 2 heterocycles. The monoisotopic (exact) mass is 403 g/mol. The zero-order valence-electron chi connectivity index (χ0n) is 15.9. The van der Waals surface area contributed by atoms with E-state index in [1.807, 2.05) is 48.1 Å². The number of anilines is 1. The minimum Gasteiger partial charge on any atom is -0.496 e. The summed E-state index contributed by atoms with van der Waals surface area (Å²) in [4.78, 5) is 9.20. The van der Waals surface area contributed by atoms with E-state index in [0.717, 1.165) is 22.5 Å². The van der Waals surface area contributed by atoms with Crippen LogP contribution in [-0.2, 0) is 7.05 Å². The number of halogens is 1. The van der Waals surface area contributed by atoms with Gasteiger partial charge in [-0.2, -0.15) is 5.26 Å². The summed E-state index contributed by atoms with van der Waals surface area (Å²) < 4.78 is 7.51. The summed E-state index contributed by atoms with van der Waals surface area (Å²) in [6.07, 6.45) is 3.63. The average molecular weight is 404 g/mol. The van der Waals surface area contributed by atoms with Crippen LogP contribution < -0.4 is 10.1 Å². The summed E-state index contributed by atoms with van der Waals surface area (Å²) >= 11 is 6.09. The molecule has 7 heteroatoms. The van der Waals surface area contributed by atoms with E-state index >= 15 is 0 Å². The maximum atomic E-state index is 9.63. The molecular weight excluding hydrogens is 386 g/mol. The third-order valence-corrected chi connectivity index (χ3v) is 4.99. The molecule has 4 aromatic rings. The van der Waals surface area contributed by atoms with Crippen LogP contribution in [-0.4, -0.2) is 21.6 Å². The quantitative estimate of drug-likeness (QED) is 0.522. The Morgan fingerprint density at radius 3 is 2.76 bits per heavy atom. The molecule has 0 aliphatic rings. The topological polar surface area (TPSA) is 75.8 Å². The van der Waals surface area contributed by atoms with E-state index in [1.54, 1.807) is 31.5 Å². The highest BCUT2D eigenvalue weighted by molar-refractivity contribution is 6.31. The fourth-order valence-electron chi connectivity index (χ4n) is 3.35. The second-order valence-corrected chi connectivity index (χ2v) is 6.98. The molecule has 1 unspecified atom stereocenters.